The van der Waals surface area contributed by atoms with E-state index in [0.717, 1.165) is 44.2 Å². The molecular formula is C19H25N3O3. The van der Waals surface area contributed by atoms with Gasteiger partial charge in [0.25, 0.3) is 0 Å². The van der Waals surface area contributed by atoms with Crippen molar-refractivity contribution < 1.29 is 14.2 Å². The van der Waals surface area contributed by atoms with Crippen molar-refractivity contribution in [2.75, 3.05) is 26.6 Å². The zero-order valence-corrected chi connectivity index (χ0v) is 14.9. The van der Waals surface area contributed by atoms with Gasteiger partial charge in [0.1, 0.15) is 0 Å². The van der Waals surface area contributed by atoms with Crippen LogP contribution in [-0.2, 0) is 24.2 Å². The quantitative estimate of drug-likeness (QED) is 0.807. The summed E-state index contributed by atoms with van der Waals surface area (Å²) in [4.78, 5) is 2.49. The molecule has 0 amide bonds. The van der Waals surface area contributed by atoms with Crippen molar-refractivity contribution in [3.63, 3.8) is 0 Å². The average Bonchev–Trinajstić information content (AvgIpc) is 3.26. The van der Waals surface area contributed by atoms with Crippen LogP contribution in [0, 0.1) is 0 Å². The van der Waals surface area contributed by atoms with Crippen molar-refractivity contribution in [2.45, 2.75) is 39.4 Å². The third-order valence-corrected chi connectivity index (χ3v) is 4.99. The van der Waals surface area contributed by atoms with Gasteiger partial charge in [-0.3, -0.25) is 9.58 Å². The van der Waals surface area contributed by atoms with Crippen molar-refractivity contribution in [1.82, 2.24) is 14.7 Å². The minimum absolute atomic E-state index is 0.233. The van der Waals surface area contributed by atoms with E-state index in [2.05, 4.69) is 33.7 Å². The molecule has 2 aliphatic heterocycles. The Morgan fingerprint density at radius 1 is 1.24 bits per heavy atom. The van der Waals surface area contributed by atoms with Gasteiger partial charge in [-0.15, -0.1) is 0 Å². The minimum atomic E-state index is 0.233. The van der Waals surface area contributed by atoms with Gasteiger partial charge in [0, 0.05) is 26.2 Å². The summed E-state index contributed by atoms with van der Waals surface area (Å²) in [6.45, 7) is 8.68. The Balaban J connectivity index is 1.59. The number of nitrogens with zero attached hydrogens (tertiary/aromatic N) is 3. The fourth-order valence-electron chi connectivity index (χ4n) is 3.73. The van der Waals surface area contributed by atoms with E-state index >= 15 is 0 Å². The van der Waals surface area contributed by atoms with Gasteiger partial charge in [-0.25, -0.2) is 0 Å². The molecule has 1 aromatic heterocycles. The van der Waals surface area contributed by atoms with E-state index < -0.39 is 0 Å². The normalized spacial score (nSPS) is 19.2. The maximum Gasteiger partial charge on any atom is 0.231 e. The summed E-state index contributed by atoms with van der Waals surface area (Å²) in [5, 5.41) is 4.56. The number of ether oxygens (including phenoxy) is 3. The zero-order valence-electron chi connectivity index (χ0n) is 14.9. The van der Waals surface area contributed by atoms with Gasteiger partial charge in [0.15, 0.2) is 11.5 Å². The van der Waals surface area contributed by atoms with Crippen LogP contribution in [0.2, 0.25) is 0 Å². The van der Waals surface area contributed by atoms with Crippen LogP contribution >= 0.6 is 0 Å². The van der Waals surface area contributed by atoms with Gasteiger partial charge in [0.05, 0.1) is 24.5 Å². The smallest absolute Gasteiger partial charge is 0.231 e. The van der Waals surface area contributed by atoms with Gasteiger partial charge < -0.3 is 14.2 Å². The van der Waals surface area contributed by atoms with Gasteiger partial charge in [-0.1, -0.05) is 6.07 Å². The van der Waals surface area contributed by atoms with Gasteiger partial charge in [-0.05, 0) is 43.5 Å². The molecule has 0 saturated heterocycles. The lowest BCUT2D eigenvalue weighted by Gasteiger charge is -2.36. The topological polar surface area (TPSA) is 48.8 Å². The molecule has 0 radical (unpaired) electrons. The highest BCUT2D eigenvalue weighted by molar-refractivity contribution is 5.44. The molecule has 2 aromatic rings. The molecule has 0 spiro atoms. The zero-order chi connectivity index (χ0) is 17.2. The van der Waals surface area contributed by atoms with E-state index in [4.69, 9.17) is 14.2 Å². The SMILES string of the molecule is CCOC[C@@H]1c2c(cnn2CC)CCN1Cc1ccc2c(c1)OCO2. The molecule has 2 aliphatic rings. The van der Waals surface area contributed by atoms with Crippen molar-refractivity contribution >= 4 is 0 Å². The first-order valence-electron chi connectivity index (χ1n) is 9.05. The average molecular weight is 343 g/mol. The van der Waals surface area contributed by atoms with Crippen molar-refractivity contribution in [2.24, 2.45) is 0 Å². The third-order valence-electron chi connectivity index (χ3n) is 4.99. The van der Waals surface area contributed by atoms with E-state index in [-0.39, 0.29) is 6.04 Å². The number of benzene rings is 1. The summed E-state index contributed by atoms with van der Waals surface area (Å²) in [6.07, 6.45) is 3.05. The molecule has 0 aliphatic carbocycles. The molecule has 6 heteroatoms. The summed E-state index contributed by atoms with van der Waals surface area (Å²) in [7, 11) is 0. The van der Waals surface area contributed by atoms with Crippen LogP contribution in [0.3, 0.4) is 0 Å². The Kier molecular flexibility index (Phi) is 4.63. The van der Waals surface area contributed by atoms with Gasteiger partial charge in [-0.2, -0.15) is 5.10 Å². The standard InChI is InChI=1S/C19H25N3O3/c1-3-22-19-15(10-20-22)7-8-21(16(19)12-23-4-2)11-14-5-6-17-18(9-14)25-13-24-17/h5-6,9-10,16H,3-4,7-8,11-13H2,1-2H3/t16-/m1/s1. The fourth-order valence-corrected chi connectivity index (χ4v) is 3.73. The van der Waals surface area contributed by atoms with Gasteiger partial charge >= 0.3 is 0 Å². The number of aryl methyl sites for hydroxylation is 1. The number of aromatic nitrogens is 2. The Labute approximate surface area is 148 Å². The molecule has 6 nitrogen and oxygen atoms in total. The Morgan fingerprint density at radius 2 is 2.12 bits per heavy atom. The second-order valence-electron chi connectivity index (χ2n) is 6.45. The minimum Gasteiger partial charge on any atom is -0.454 e. The van der Waals surface area contributed by atoms with Crippen LogP contribution < -0.4 is 9.47 Å². The molecule has 25 heavy (non-hydrogen) atoms. The van der Waals surface area contributed by atoms with Crippen LogP contribution in [0.15, 0.2) is 24.4 Å². The first-order chi connectivity index (χ1) is 12.3. The number of hydrogen-bond acceptors (Lipinski definition) is 5. The number of fused-ring (bicyclic) bond motifs is 2. The Hall–Kier alpha value is -2.05. The highest BCUT2D eigenvalue weighted by Crippen LogP contribution is 2.35. The summed E-state index contributed by atoms with van der Waals surface area (Å²) < 4.78 is 18.9. The molecular weight excluding hydrogens is 318 g/mol. The predicted octanol–water partition coefficient (Wildman–Crippen LogP) is 2.77. The molecule has 1 aromatic carbocycles. The highest BCUT2D eigenvalue weighted by atomic mass is 16.7. The lowest BCUT2D eigenvalue weighted by Crippen LogP contribution is -2.38. The maximum atomic E-state index is 5.81. The third kappa shape index (κ3) is 3.12. The lowest BCUT2D eigenvalue weighted by molar-refractivity contribution is 0.0514. The van der Waals surface area contributed by atoms with Crippen molar-refractivity contribution in [3.05, 3.63) is 41.2 Å². The van der Waals surface area contributed by atoms with Crippen LogP contribution in [0.25, 0.3) is 0 Å². The summed E-state index contributed by atoms with van der Waals surface area (Å²) in [5.41, 5.74) is 3.90. The Morgan fingerprint density at radius 3 is 2.96 bits per heavy atom. The second-order valence-corrected chi connectivity index (χ2v) is 6.45. The van der Waals surface area contributed by atoms with Gasteiger partial charge in [0.2, 0.25) is 6.79 Å². The molecule has 4 rings (SSSR count). The molecule has 0 bridgehead atoms. The molecule has 0 fully saturated rings. The second kappa shape index (κ2) is 7.06. The van der Waals surface area contributed by atoms with E-state index in [9.17, 15) is 0 Å². The van der Waals surface area contributed by atoms with Crippen LogP contribution in [0.5, 0.6) is 11.5 Å². The van der Waals surface area contributed by atoms with E-state index in [1.54, 1.807) is 0 Å². The van der Waals surface area contributed by atoms with Crippen LogP contribution in [-0.4, -0.2) is 41.2 Å². The molecule has 1 atom stereocenters. The van der Waals surface area contributed by atoms with Crippen molar-refractivity contribution in [3.8, 4) is 11.5 Å². The molecule has 134 valence electrons. The fraction of sp³-hybridized carbons (Fsp3) is 0.526. The van der Waals surface area contributed by atoms with E-state index in [0.29, 0.717) is 13.4 Å². The first kappa shape index (κ1) is 16.4. The van der Waals surface area contributed by atoms with E-state index in [1.807, 2.05) is 19.2 Å². The first-order valence-corrected chi connectivity index (χ1v) is 9.05. The summed E-state index contributed by atoms with van der Waals surface area (Å²) >= 11 is 0. The maximum absolute atomic E-state index is 5.81. The largest absolute Gasteiger partial charge is 0.454 e. The number of hydrogen-bond donors (Lipinski definition) is 0. The highest BCUT2D eigenvalue weighted by Gasteiger charge is 2.31. The molecule has 0 saturated carbocycles. The van der Waals surface area contributed by atoms with E-state index in [1.165, 1.54) is 16.8 Å². The summed E-state index contributed by atoms with van der Waals surface area (Å²) in [6, 6.07) is 6.45. The van der Waals surface area contributed by atoms with Crippen molar-refractivity contribution in [1.29, 1.82) is 0 Å². The van der Waals surface area contributed by atoms with Crippen LogP contribution in [0.4, 0.5) is 0 Å². The number of rotatable bonds is 6. The Bertz CT molecular complexity index is 730. The monoisotopic (exact) mass is 343 g/mol. The van der Waals surface area contributed by atoms with Crippen LogP contribution in [0.1, 0.15) is 36.7 Å². The lowest BCUT2D eigenvalue weighted by atomic mass is 9.99. The summed E-state index contributed by atoms with van der Waals surface area (Å²) in [5.74, 6) is 1.68. The molecule has 0 unspecified atom stereocenters. The predicted molar refractivity (Wildman–Crippen MR) is 93.8 cm³/mol. The molecule has 3 heterocycles. The molecule has 0 N–H and O–H groups in total.